The molecule has 1 aliphatic heterocycles. The van der Waals surface area contributed by atoms with Gasteiger partial charge in [0.1, 0.15) is 0 Å². The van der Waals surface area contributed by atoms with Crippen molar-refractivity contribution in [2.45, 2.75) is 51.6 Å². The quantitative estimate of drug-likeness (QED) is 0.664. The Hall–Kier alpha value is -1.31. The first-order chi connectivity index (χ1) is 8.21. The van der Waals surface area contributed by atoms with E-state index in [1.807, 2.05) is 0 Å². The fourth-order valence-electron chi connectivity index (χ4n) is 3.23. The SMILES string of the molecule is CC1=NOC2(CCCCc3c(C)cccc32)C1. The minimum Gasteiger partial charge on any atom is -0.384 e. The number of fused-ring (bicyclic) bond motifs is 2. The molecule has 2 nitrogen and oxygen atoms in total. The van der Waals surface area contributed by atoms with Gasteiger partial charge in [-0.15, -0.1) is 0 Å². The fourth-order valence-corrected chi connectivity index (χ4v) is 3.23. The smallest absolute Gasteiger partial charge is 0.168 e. The summed E-state index contributed by atoms with van der Waals surface area (Å²) in [5.74, 6) is 0. The summed E-state index contributed by atoms with van der Waals surface area (Å²) in [5, 5.41) is 4.20. The van der Waals surface area contributed by atoms with Gasteiger partial charge in [-0.25, -0.2) is 0 Å². The van der Waals surface area contributed by atoms with E-state index in [9.17, 15) is 0 Å². The molecule has 2 aliphatic rings. The molecule has 1 heterocycles. The van der Waals surface area contributed by atoms with Crippen molar-refractivity contribution >= 4 is 5.71 Å². The molecule has 0 fully saturated rings. The molecular formula is C15H19NO. The van der Waals surface area contributed by atoms with Crippen LogP contribution in [0.3, 0.4) is 0 Å². The summed E-state index contributed by atoms with van der Waals surface area (Å²) in [7, 11) is 0. The monoisotopic (exact) mass is 229 g/mol. The molecule has 1 spiro atoms. The Morgan fingerprint density at radius 3 is 2.88 bits per heavy atom. The maximum Gasteiger partial charge on any atom is 0.168 e. The summed E-state index contributed by atoms with van der Waals surface area (Å²) in [4.78, 5) is 5.84. The Morgan fingerprint density at radius 2 is 2.12 bits per heavy atom. The molecule has 1 atom stereocenters. The highest BCUT2D eigenvalue weighted by Gasteiger charge is 2.42. The van der Waals surface area contributed by atoms with Crippen molar-refractivity contribution in [3.05, 3.63) is 34.9 Å². The van der Waals surface area contributed by atoms with Crippen molar-refractivity contribution in [2.75, 3.05) is 0 Å². The zero-order chi connectivity index (χ0) is 11.9. The van der Waals surface area contributed by atoms with Crippen LogP contribution in [0.2, 0.25) is 0 Å². The highest BCUT2D eigenvalue weighted by atomic mass is 16.7. The molecular weight excluding hydrogens is 210 g/mol. The van der Waals surface area contributed by atoms with E-state index in [1.165, 1.54) is 36.0 Å². The average Bonchev–Trinajstić information content (AvgIpc) is 2.58. The van der Waals surface area contributed by atoms with Crippen LogP contribution in [0.5, 0.6) is 0 Å². The van der Waals surface area contributed by atoms with Crippen molar-refractivity contribution in [3.8, 4) is 0 Å². The first-order valence-electron chi connectivity index (χ1n) is 6.52. The molecule has 0 amide bonds. The molecule has 0 aromatic heterocycles. The number of oxime groups is 1. The molecule has 0 saturated heterocycles. The van der Waals surface area contributed by atoms with Gasteiger partial charge in [0.25, 0.3) is 0 Å². The van der Waals surface area contributed by atoms with Crippen LogP contribution in [0.1, 0.15) is 49.3 Å². The van der Waals surface area contributed by atoms with Gasteiger partial charge in [0.05, 0.1) is 5.71 Å². The van der Waals surface area contributed by atoms with E-state index in [-0.39, 0.29) is 5.60 Å². The van der Waals surface area contributed by atoms with Crippen molar-refractivity contribution in [1.82, 2.24) is 0 Å². The van der Waals surface area contributed by atoms with Gasteiger partial charge in [0, 0.05) is 12.0 Å². The van der Waals surface area contributed by atoms with E-state index >= 15 is 0 Å². The number of nitrogens with zero attached hydrogens (tertiary/aromatic N) is 1. The molecule has 0 N–H and O–H groups in total. The summed E-state index contributed by atoms with van der Waals surface area (Å²) < 4.78 is 0. The van der Waals surface area contributed by atoms with Crippen LogP contribution in [0.15, 0.2) is 23.4 Å². The molecule has 1 unspecified atom stereocenters. The number of aryl methyl sites for hydroxylation is 1. The average molecular weight is 229 g/mol. The number of benzene rings is 1. The van der Waals surface area contributed by atoms with Crippen LogP contribution in [-0.2, 0) is 16.9 Å². The van der Waals surface area contributed by atoms with Gasteiger partial charge < -0.3 is 4.84 Å². The maximum atomic E-state index is 5.84. The lowest BCUT2D eigenvalue weighted by Crippen LogP contribution is -2.26. The van der Waals surface area contributed by atoms with Crippen molar-refractivity contribution in [1.29, 1.82) is 0 Å². The Balaban J connectivity index is 2.11. The molecule has 0 bridgehead atoms. The van der Waals surface area contributed by atoms with Crippen molar-refractivity contribution in [2.24, 2.45) is 5.16 Å². The van der Waals surface area contributed by atoms with E-state index in [0.717, 1.165) is 18.6 Å². The van der Waals surface area contributed by atoms with E-state index in [0.29, 0.717) is 0 Å². The molecule has 17 heavy (non-hydrogen) atoms. The van der Waals surface area contributed by atoms with E-state index < -0.39 is 0 Å². The topological polar surface area (TPSA) is 21.6 Å². The van der Waals surface area contributed by atoms with E-state index in [1.54, 1.807) is 0 Å². The second-order valence-electron chi connectivity index (χ2n) is 5.40. The third kappa shape index (κ3) is 1.67. The normalized spacial score (nSPS) is 27.3. The minimum absolute atomic E-state index is 0.151. The molecule has 1 aromatic carbocycles. The number of rotatable bonds is 0. The standard InChI is InChI=1S/C15H19NO/c1-11-6-5-8-14-13(11)7-3-4-9-15(14)10-12(2)16-17-15/h5-6,8H,3-4,7,9-10H2,1-2H3. The van der Waals surface area contributed by atoms with Crippen molar-refractivity contribution < 1.29 is 4.84 Å². The van der Waals surface area contributed by atoms with Crippen LogP contribution < -0.4 is 0 Å². The minimum atomic E-state index is -0.151. The summed E-state index contributed by atoms with van der Waals surface area (Å²) in [6.07, 6.45) is 5.75. The summed E-state index contributed by atoms with van der Waals surface area (Å²) in [5.41, 5.74) is 5.25. The molecule has 1 aliphatic carbocycles. The van der Waals surface area contributed by atoms with Crippen LogP contribution in [0.25, 0.3) is 0 Å². The van der Waals surface area contributed by atoms with Gasteiger partial charge in [-0.1, -0.05) is 23.4 Å². The van der Waals surface area contributed by atoms with Gasteiger partial charge in [0.2, 0.25) is 0 Å². The highest BCUT2D eigenvalue weighted by Crippen LogP contribution is 2.43. The lowest BCUT2D eigenvalue weighted by Gasteiger charge is -2.27. The lowest BCUT2D eigenvalue weighted by molar-refractivity contribution is -0.0303. The van der Waals surface area contributed by atoms with Crippen LogP contribution in [-0.4, -0.2) is 5.71 Å². The predicted octanol–water partition coefficient (Wildman–Crippen LogP) is 3.71. The van der Waals surface area contributed by atoms with E-state index in [2.05, 4.69) is 37.2 Å². The van der Waals surface area contributed by atoms with Gasteiger partial charge in [-0.05, 0) is 50.7 Å². The largest absolute Gasteiger partial charge is 0.384 e. The fraction of sp³-hybridized carbons (Fsp3) is 0.533. The molecule has 0 radical (unpaired) electrons. The first kappa shape index (κ1) is 10.8. The van der Waals surface area contributed by atoms with Gasteiger partial charge in [-0.2, -0.15) is 0 Å². The predicted molar refractivity (Wildman–Crippen MR) is 69.2 cm³/mol. The van der Waals surface area contributed by atoms with Crippen LogP contribution in [0, 0.1) is 6.92 Å². The van der Waals surface area contributed by atoms with E-state index in [4.69, 9.17) is 4.84 Å². The maximum absolute atomic E-state index is 5.84. The number of hydrogen-bond acceptors (Lipinski definition) is 2. The third-order valence-corrected chi connectivity index (χ3v) is 4.08. The van der Waals surface area contributed by atoms with Gasteiger partial charge in [-0.3, -0.25) is 0 Å². The lowest BCUT2D eigenvalue weighted by atomic mass is 9.83. The Labute approximate surface area is 103 Å². The summed E-state index contributed by atoms with van der Waals surface area (Å²) in [6, 6.07) is 6.60. The van der Waals surface area contributed by atoms with Crippen LogP contribution in [0.4, 0.5) is 0 Å². The second kappa shape index (κ2) is 3.86. The Morgan fingerprint density at radius 1 is 1.24 bits per heavy atom. The molecule has 0 saturated carbocycles. The molecule has 1 aromatic rings. The van der Waals surface area contributed by atoms with Crippen molar-refractivity contribution in [3.63, 3.8) is 0 Å². The molecule has 2 heteroatoms. The number of hydrogen-bond donors (Lipinski definition) is 0. The summed E-state index contributed by atoms with van der Waals surface area (Å²) in [6.45, 7) is 4.27. The van der Waals surface area contributed by atoms with Gasteiger partial charge in [0.15, 0.2) is 5.60 Å². The molecule has 3 rings (SSSR count). The van der Waals surface area contributed by atoms with Crippen LogP contribution >= 0.6 is 0 Å². The molecule has 90 valence electrons. The zero-order valence-corrected chi connectivity index (χ0v) is 10.6. The van der Waals surface area contributed by atoms with Gasteiger partial charge >= 0.3 is 0 Å². The Kier molecular flexibility index (Phi) is 2.46. The second-order valence-corrected chi connectivity index (χ2v) is 5.40. The zero-order valence-electron chi connectivity index (χ0n) is 10.6. The highest BCUT2D eigenvalue weighted by molar-refractivity contribution is 5.84. The Bertz CT molecular complexity index is 478. The third-order valence-electron chi connectivity index (χ3n) is 4.08. The summed E-state index contributed by atoms with van der Waals surface area (Å²) >= 11 is 0. The first-order valence-corrected chi connectivity index (χ1v) is 6.52.